The van der Waals surface area contributed by atoms with Crippen LogP contribution in [0.3, 0.4) is 0 Å². The molecule has 0 N–H and O–H groups in total. The van der Waals surface area contributed by atoms with Crippen LogP contribution in [0, 0.1) is 11.6 Å². The minimum Gasteiger partial charge on any atom is -0.355 e. The van der Waals surface area contributed by atoms with Crippen molar-refractivity contribution in [2.45, 2.75) is 17.7 Å². The van der Waals surface area contributed by atoms with Gasteiger partial charge in [0.15, 0.2) is 5.16 Å². The van der Waals surface area contributed by atoms with E-state index in [0.29, 0.717) is 28.4 Å². The third kappa shape index (κ3) is 3.73. The van der Waals surface area contributed by atoms with E-state index in [1.54, 1.807) is 24.3 Å². The highest BCUT2D eigenvalue weighted by Crippen LogP contribution is 2.25. The normalized spacial score (nSPS) is 17.3. The largest absolute Gasteiger partial charge is 0.355 e. The van der Waals surface area contributed by atoms with Crippen LogP contribution >= 0.6 is 11.8 Å². The van der Waals surface area contributed by atoms with Crippen molar-refractivity contribution in [2.75, 3.05) is 19.2 Å². The van der Waals surface area contributed by atoms with Gasteiger partial charge in [0.25, 0.3) is 5.56 Å². The molecule has 8 heteroatoms. The molecule has 2 heterocycles. The molecule has 0 radical (unpaired) electrons. The maximum Gasteiger partial charge on any atom is 0.266 e. The van der Waals surface area contributed by atoms with Crippen LogP contribution in [0.15, 0.2) is 52.4 Å². The number of benzene rings is 2. The van der Waals surface area contributed by atoms with E-state index in [1.165, 1.54) is 22.4 Å². The Kier molecular flexibility index (Phi) is 5.20. The maximum atomic E-state index is 14.4. The second-order valence-corrected chi connectivity index (χ2v) is 7.05. The van der Waals surface area contributed by atoms with Crippen molar-refractivity contribution >= 4 is 22.7 Å². The monoisotopic (exact) mass is 390 g/mol. The SMILES string of the molecule is O=c1c2ccccc2nc(SC[C@@H]2CCOCO2)n1-c1ccc(F)cc1F. The summed E-state index contributed by atoms with van der Waals surface area (Å²) in [5.74, 6) is -0.988. The average molecular weight is 390 g/mol. The molecule has 2 aromatic carbocycles. The van der Waals surface area contributed by atoms with Crippen LogP contribution in [-0.2, 0) is 9.47 Å². The second-order valence-electron chi connectivity index (χ2n) is 6.06. The van der Waals surface area contributed by atoms with Crippen LogP contribution in [0.1, 0.15) is 6.42 Å². The van der Waals surface area contributed by atoms with Crippen molar-refractivity contribution in [3.8, 4) is 5.69 Å². The Hall–Kier alpha value is -2.29. The highest BCUT2D eigenvalue weighted by atomic mass is 32.2. The Morgan fingerprint density at radius 2 is 2.07 bits per heavy atom. The summed E-state index contributed by atoms with van der Waals surface area (Å²) in [6, 6.07) is 10.0. The summed E-state index contributed by atoms with van der Waals surface area (Å²) in [6.45, 7) is 0.839. The van der Waals surface area contributed by atoms with E-state index in [9.17, 15) is 13.6 Å². The highest BCUT2D eigenvalue weighted by molar-refractivity contribution is 7.99. The van der Waals surface area contributed by atoms with E-state index < -0.39 is 17.2 Å². The molecule has 0 saturated carbocycles. The molecule has 1 aliphatic rings. The van der Waals surface area contributed by atoms with Gasteiger partial charge in [-0.2, -0.15) is 0 Å². The summed E-state index contributed by atoms with van der Waals surface area (Å²) >= 11 is 1.30. The van der Waals surface area contributed by atoms with Crippen LogP contribution < -0.4 is 5.56 Å². The molecule has 1 aliphatic heterocycles. The molecule has 4 rings (SSSR count). The molecule has 140 valence electrons. The number of ether oxygens (including phenoxy) is 2. The van der Waals surface area contributed by atoms with Crippen molar-refractivity contribution in [3.63, 3.8) is 0 Å². The number of para-hydroxylation sites is 1. The third-order valence-electron chi connectivity index (χ3n) is 4.27. The van der Waals surface area contributed by atoms with E-state index >= 15 is 0 Å². The summed E-state index contributed by atoms with van der Waals surface area (Å²) in [5.41, 5.74) is 0.0909. The topological polar surface area (TPSA) is 53.4 Å². The molecule has 0 aliphatic carbocycles. The van der Waals surface area contributed by atoms with Gasteiger partial charge in [0, 0.05) is 11.8 Å². The summed E-state index contributed by atoms with van der Waals surface area (Å²) in [4.78, 5) is 17.6. The van der Waals surface area contributed by atoms with Crippen LogP contribution in [0.5, 0.6) is 0 Å². The van der Waals surface area contributed by atoms with Gasteiger partial charge in [-0.25, -0.2) is 13.8 Å². The van der Waals surface area contributed by atoms with Gasteiger partial charge in [-0.15, -0.1) is 0 Å². The van der Waals surface area contributed by atoms with Crippen molar-refractivity contribution < 1.29 is 18.3 Å². The number of fused-ring (bicyclic) bond motifs is 1. The lowest BCUT2D eigenvalue weighted by molar-refractivity contribution is -0.130. The zero-order chi connectivity index (χ0) is 18.8. The van der Waals surface area contributed by atoms with Crippen LogP contribution in [-0.4, -0.2) is 34.8 Å². The molecule has 3 aromatic rings. The number of hydrogen-bond donors (Lipinski definition) is 0. The Bertz CT molecular complexity index is 1040. The predicted octanol–water partition coefficient (Wildman–Crippen LogP) is 3.52. The Balaban J connectivity index is 1.81. The van der Waals surface area contributed by atoms with Gasteiger partial charge in [-0.05, 0) is 30.7 Å². The fourth-order valence-corrected chi connectivity index (χ4v) is 3.96. The van der Waals surface area contributed by atoms with Crippen LogP contribution in [0.2, 0.25) is 0 Å². The zero-order valence-electron chi connectivity index (χ0n) is 14.2. The van der Waals surface area contributed by atoms with E-state index in [1.807, 2.05) is 0 Å². The maximum absolute atomic E-state index is 14.4. The molecule has 0 spiro atoms. The van der Waals surface area contributed by atoms with E-state index in [4.69, 9.17) is 9.47 Å². The van der Waals surface area contributed by atoms with E-state index in [0.717, 1.165) is 18.6 Å². The number of hydrogen-bond acceptors (Lipinski definition) is 5. The fourth-order valence-electron chi connectivity index (χ4n) is 2.88. The molecule has 1 atom stereocenters. The molecule has 1 saturated heterocycles. The average Bonchev–Trinajstić information content (AvgIpc) is 2.68. The first kappa shape index (κ1) is 18.1. The van der Waals surface area contributed by atoms with Crippen molar-refractivity contribution in [1.29, 1.82) is 0 Å². The molecule has 27 heavy (non-hydrogen) atoms. The number of rotatable bonds is 4. The summed E-state index contributed by atoms with van der Waals surface area (Å²) in [6.07, 6.45) is 0.689. The van der Waals surface area contributed by atoms with Gasteiger partial charge < -0.3 is 9.47 Å². The van der Waals surface area contributed by atoms with Crippen molar-refractivity contribution in [2.24, 2.45) is 0 Å². The van der Waals surface area contributed by atoms with Gasteiger partial charge in [0.2, 0.25) is 0 Å². The quantitative estimate of drug-likeness (QED) is 0.504. The second kappa shape index (κ2) is 7.75. The van der Waals surface area contributed by atoms with Gasteiger partial charge in [-0.3, -0.25) is 9.36 Å². The molecule has 1 aromatic heterocycles. The summed E-state index contributed by atoms with van der Waals surface area (Å²) in [5, 5.41) is 0.701. The first-order valence-electron chi connectivity index (χ1n) is 8.43. The molecule has 1 fully saturated rings. The first-order valence-corrected chi connectivity index (χ1v) is 9.41. The molecule has 5 nitrogen and oxygen atoms in total. The predicted molar refractivity (Wildman–Crippen MR) is 98.3 cm³/mol. The number of halogens is 2. The van der Waals surface area contributed by atoms with Gasteiger partial charge in [-0.1, -0.05) is 23.9 Å². The lowest BCUT2D eigenvalue weighted by Crippen LogP contribution is -2.27. The summed E-state index contributed by atoms with van der Waals surface area (Å²) < 4.78 is 39.6. The Labute approximate surface area is 157 Å². The van der Waals surface area contributed by atoms with Crippen molar-refractivity contribution in [3.05, 3.63) is 64.5 Å². The fraction of sp³-hybridized carbons (Fsp3) is 0.263. The van der Waals surface area contributed by atoms with Gasteiger partial charge >= 0.3 is 0 Å². The molecule has 0 bridgehead atoms. The van der Waals surface area contributed by atoms with E-state index in [2.05, 4.69) is 4.98 Å². The summed E-state index contributed by atoms with van der Waals surface area (Å²) in [7, 11) is 0. The lowest BCUT2D eigenvalue weighted by atomic mass is 10.2. The minimum atomic E-state index is -0.821. The van der Waals surface area contributed by atoms with Crippen LogP contribution in [0.25, 0.3) is 16.6 Å². The van der Waals surface area contributed by atoms with Crippen molar-refractivity contribution in [1.82, 2.24) is 9.55 Å². The Morgan fingerprint density at radius 3 is 2.85 bits per heavy atom. The molecular formula is C19H16F2N2O3S. The first-order chi connectivity index (χ1) is 13.1. The van der Waals surface area contributed by atoms with Crippen LogP contribution in [0.4, 0.5) is 8.78 Å². The highest BCUT2D eigenvalue weighted by Gasteiger charge is 2.20. The molecule has 0 amide bonds. The molecule has 0 unspecified atom stereocenters. The lowest BCUT2D eigenvalue weighted by Gasteiger charge is -2.22. The van der Waals surface area contributed by atoms with Gasteiger partial charge in [0.1, 0.15) is 18.4 Å². The standard InChI is InChI=1S/C19H16F2N2O3S/c20-12-5-6-17(15(21)9-12)23-18(24)14-3-1-2-4-16(14)22-19(23)27-10-13-7-8-25-11-26-13/h1-6,9,13H,7-8,10-11H2/t13-/m0/s1. The number of aromatic nitrogens is 2. The Morgan fingerprint density at radius 1 is 1.22 bits per heavy atom. The number of nitrogens with zero attached hydrogens (tertiary/aromatic N) is 2. The van der Waals surface area contributed by atoms with Gasteiger partial charge in [0.05, 0.1) is 29.3 Å². The number of thioether (sulfide) groups is 1. The molecular weight excluding hydrogens is 374 g/mol. The smallest absolute Gasteiger partial charge is 0.266 e. The third-order valence-corrected chi connectivity index (χ3v) is 5.34. The minimum absolute atomic E-state index is 0.0324. The van der Waals surface area contributed by atoms with E-state index in [-0.39, 0.29) is 18.6 Å². The zero-order valence-corrected chi connectivity index (χ0v) is 15.0.